The second-order valence-electron chi connectivity index (χ2n) is 3.12. The third kappa shape index (κ3) is 3.89. The average Bonchev–Trinajstić information content (AvgIpc) is 2.28. The lowest BCUT2D eigenvalue weighted by molar-refractivity contribution is -0.141. The number of rotatable bonds is 3. The summed E-state index contributed by atoms with van der Waals surface area (Å²) in [5.41, 5.74) is 7.08. The van der Waals surface area contributed by atoms with Gasteiger partial charge in [0, 0.05) is 6.04 Å². The Morgan fingerprint density at radius 2 is 2.31 bits per heavy atom. The van der Waals surface area contributed by atoms with Crippen molar-refractivity contribution in [3.63, 3.8) is 0 Å². The average molecular weight is 241 g/mol. The largest absolute Gasteiger partial charge is 0.469 e. The van der Waals surface area contributed by atoms with Crippen molar-refractivity contribution in [2.24, 2.45) is 5.73 Å². The van der Waals surface area contributed by atoms with Gasteiger partial charge in [-0.05, 0) is 17.7 Å². The van der Waals surface area contributed by atoms with Crippen LogP contribution in [0.4, 0.5) is 0 Å². The van der Waals surface area contributed by atoms with Gasteiger partial charge in [-0.25, -0.2) is 0 Å². The highest BCUT2D eigenvalue weighted by atomic mass is 35.5. The Hall–Kier alpha value is -1.57. The van der Waals surface area contributed by atoms with E-state index < -0.39 is 6.04 Å². The number of hydrogen-bond acceptors (Lipinski definition) is 4. The molecule has 5 heteroatoms. The molecule has 4 nitrogen and oxygen atoms in total. The monoisotopic (exact) mass is 240 g/mol. The smallest absolute Gasteiger partial charge is 0.307 e. The van der Waals surface area contributed by atoms with E-state index in [9.17, 15) is 4.79 Å². The van der Waals surface area contributed by atoms with Crippen LogP contribution in [0.5, 0.6) is 0 Å². The molecule has 0 saturated carbocycles. The molecule has 0 bridgehead atoms. The molecule has 16 heavy (non-hydrogen) atoms. The number of hydrogen-bond donors (Lipinski definition) is 1. The molecular formula is C11H13ClN2O2. The molecule has 0 radical (unpaired) electrons. The molecule has 0 unspecified atom stereocenters. The number of methoxy groups -OCH3 is 1. The first kappa shape index (κ1) is 14.4. The van der Waals surface area contributed by atoms with Gasteiger partial charge in [-0.2, -0.15) is 5.26 Å². The summed E-state index contributed by atoms with van der Waals surface area (Å²) in [4.78, 5) is 11.0. The quantitative estimate of drug-likeness (QED) is 0.814. The minimum atomic E-state index is -0.425. The van der Waals surface area contributed by atoms with Crippen LogP contribution in [0.15, 0.2) is 24.3 Å². The van der Waals surface area contributed by atoms with E-state index in [0.29, 0.717) is 5.56 Å². The zero-order valence-corrected chi connectivity index (χ0v) is 9.66. The molecule has 0 saturated heterocycles. The Morgan fingerprint density at radius 1 is 1.62 bits per heavy atom. The zero-order chi connectivity index (χ0) is 11.3. The number of nitrogens with two attached hydrogens (primary N) is 1. The zero-order valence-electron chi connectivity index (χ0n) is 8.84. The van der Waals surface area contributed by atoms with Crippen molar-refractivity contribution in [2.75, 3.05) is 7.11 Å². The number of nitrogens with zero attached hydrogens (tertiary/aromatic N) is 1. The molecule has 1 aromatic rings. The van der Waals surface area contributed by atoms with Gasteiger partial charge in [0.1, 0.15) is 0 Å². The SMILES string of the molecule is COC(=O)C[C@@H](N)c1cccc(C#N)c1.Cl. The van der Waals surface area contributed by atoms with E-state index in [2.05, 4.69) is 4.74 Å². The number of nitriles is 1. The summed E-state index contributed by atoms with van der Waals surface area (Å²) < 4.78 is 4.51. The van der Waals surface area contributed by atoms with Gasteiger partial charge >= 0.3 is 5.97 Å². The van der Waals surface area contributed by atoms with E-state index in [4.69, 9.17) is 11.0 Å². The van der Waals surface area contributed by atoms with Crippen LogP contribution in [0.3, 0.4) is 0 Å². The van der Waals surface area contributed by atoms with Crippen molar-refractivity contribution in [1.82, 2.24) is 0 Å². The Kier molecular flexibility index (Phi) is 6.16. The Balaban J connectivity index is 0.00000225. The van der Waals surface area contributed by atoms with Crippen LogP contribution in [-0.4, -0.2) is 13.1 Å². The number of halogens is 1. The lowest BCUT2D eigenvalue weighted by atomic mass is 10.0. The summed E-state index contributed by atoms with van der Waals surface area (Å²) in [6, 6.07) is 8.48. The number of carbonyl (C=O) groups excluding carboxylic acids is 1. The van der Waals surface area contributed by atoms with Gasteiger partial charge in [0.05, 0.1) is 25.2 Å². The fourth-order valence-corrected chi connectivity index (χ4v) is 1.22. The molecule has 0 spiro atoms. The molecule has 0 aromatic heterocycles. The molecule has 1 aromatic carbocycles. The minimum Gasteiger partial charge on any atom is -0.469 e. The molecule has 0 aliphatic carbocycles. The first-order valence-corrected chi connectivity index (χ1v) is 4.50. The van der Waals surface area contributed by atoms with Gasteiger partial charge < -0.3 is 10.5 Å². The van der Waals surface area contributed by atoms with Gasteiger partial charge in [0.25, 0.3) is 0 Å². The molecular weight excluding hydrogens is 228 g/mol. The van der Waals surface area contributed by atoms with Crippen molar-refractivity contribution in [3.05, 3.63) is 35.4 Å². The van der Waals surface area contributed by atoms with Gasteiger partial charge in [0.15, 0.2) is 0 Å². The molecule has 0 amide bonds. The highest BCUT2D eigenvalue weighted by Crippen LogP contribution is 2.15. The normalized spacial score (nSPS) is 10.8. The van der Waals surface area contributed by atoms with Crippen LogP contribution in [0, 0.1) is 11.3 Å². The highest BCUT2D eigenvalue weighted by molar-refractivity contribution is 5.85. The second kappa shape index (κ2) is 6.83. The topological polar surface area (TPSA) is 76.1 Å². The maximum absolute atomic E-state index is 11.0. The van der Waals surface area contributed by atoms with E-state index in [0.717, 1.165) is 5.56 Å². The van der Waals surface area contributed by atoms with Crippen LogP contribution >= 0.6 is 12.4 Å². The molecule has 0 aliphatic rings. The van der Waals surface area contributed by atoms with E-state index >= 15 is 0 Å². The maximum Gasteiger partial charge on any atom is 0.307 e. The Labute approximate surface area is 100 Å². The lowest BCUT2D eigenvalue weighted by Gasteiger charge is -2.10. The summed E-state index contributed by atoms with van der Waals surface area (Å²) in [5, 5.41) is 8.69. The summed E-state index contributed by atoms with van der Waals surface area (Å²) in [6.07, 6.45) is 0.116. The third-order valence-electron chi connectivity index (χ3n) is 2.06. The first-order valence-electron chi connectivity index (χ1n) is 4.50. The molecule has 1 rings (SSSR count). The summed E-state index contributed by atoms with van der Waals surface area (Å²) in [5.74, 6) is -0.357. The predicted molar refractivity (Wildman–Crippen MR) is 62.0 cm³/mol. The maximum atomic E-state index is 11.0. The van der Waals surface area contributed by atoms with Crippen LogP contribution in [0.1, 0.15) is 23.6 Å². The Morgan fingerprint density at radius 3 is 2.88 bits per heavy atom. The molecule has 0 heterocycles. The molecule has 1 atom stereocenters. The number of carbonyl (C=O) groups is 1. The number of benzene rings is 1. The van der Waals surface area contributed by atoms with Gasteiger partial charge in [0.2, 0.25) is 0 Å². The van der Waals surface area contributed by atoms with Crippen molar-refractivity contribution in [1.29, 1.82) is 5.26 Å². The summed E-state index contributed by atoms with van der Waals surface area (Å²) >= 11 is 0. The fourth-order valence-electron chi connectivity index (χ4n) is 1.22. The van der Waals surface area contributed by atoms with Crippen LogP contribution in [-0.2, 0) is 9.53 Å². The van der Waals surface area contributed by atoms with E-state index in [1.165, 1.54) is 7.11 Å². The van der Waals surface area contributed by atoms with Gasteiger partial charge in [-0.1, -0.05) is 12.1 Å². The van der Waals surface area contributed by atoms with E-state index in [1.54, 1.807) is 24.3 Å². The molecule has 0 aliphatic heterocycles. The molecule has 86 valence electrons. The molecule has 2 N–H and O–H groups in total. The van der Waals surface area contributed by atoms with Crippen molar-refractivity contribution >= 4 is 18.4 Å². The Bertz CT molecular complexity index is 401. The number of esters is 1. The predicted octanol–water partition coefficient (Wildman–Crippen LogP) is 1.54. The van der Waals surface area contributed by atoms with E-state index in [1.807, 2.05) is 6.07 Å². The fraction of sp³-hybridized carbons (Fsp3) is 0.273. The van der Waals surface area contributed by atoms with Crippen LogP contribution < -0.4 is 5.73 Å². The van der Waals surface area contributed by atoms with Gasteiger partial charge in [-0.15, -0.1) is 12.4 Å². The standard InChI is InChI=1S/C11H12N2O2.ClH/c1-15-11(14)6-10(13)9-4-2-3-8(5-9)7-12;/h2-5,10H,6,13H2,1H3;1H/t10-;/m1./s1. The van der Waals surface area contributed by atoms with Crippen LogP contribution in [0.2, 0.25) is 0 Å². The third-order valence-corrected chi connectivity index (χ3v) is 2.06. The van der Waals surface area contributed by atoms with E-state index in [-0.39, 0.29) is 24.8 Å². The first-order chi connectivity index (χ1) is 7.17. The number of ether oxygens (including phenoxy) is 1. The summed E-state index contributed by atoms with van der Waals surface area (Å²) in [6.45, 7) is 0. The minimum absolute atomic E-state index is 0. The van der Waals surface area contributed by atoms with Gasteiger partial charge in [-0.3, -0.25) is 4.79 Å². The lowest BCUT2D eigenvalue weighted by Crippen LogP contribution is -2.16. The van der Waals surface area contributed by atoms with Crippen molar-refractivity contribution in [3.8, 4) is 6.07 Å². The summed E-state index contributed by atoms with van der Waals surface area (Å²) in [7, 11) is 1.32. The second-order valence-corrected chi connectivity index (χ2v) is 3.12. The highest BCUT2D eigenvalue weighted by Gasteiger charge is 2.11. The van der Waals surface area contributed by atoms with Crippen molar-refractivity contribution in [2.45, 2.75) is 12.5 Å². The van der Waals surface area contributed by atoms with Crippen molar-refractivity contribution < 1.29 is 9.53 Å². The van der Waals surface area contributed by atoms with Crippen LogP contribution in [0.25, 0.3) is 0 Å². The molecule has 0 fully saturated rings.